The second kappa shape index (κ2) is 5.64. The van der Waals surface area contributed by atoms with Crippen molar-refractivity contribution in [2.75, 3.05) is 0 Å². The molecule has 124 valence electrons. The summed E-state index contributed by atoms with van der Waals surface area (Å²) in [6, 6.07) is 0.288. The number of alkyl halides is 3. The number of hydrogen-bond donors (Lipinski definition) is 2. The van der Waals surface area contributed by atoms with Crippen molar-refractivity contribution in [1.29, 1.82) is 0 Å². The summed E-state index contributed by atoms with van der Waals surface area (Å²) < 4.78 is 93.6. The Hall–Kier alpha value is -2.45. The van der Waals surface area contributed by atoms with Crippen molar-refractivity contribution in [3.05, 3.63) is 58.7 Å². The van der Waals surface area contributed by atoms with E-state index in [0.717, 1.165) is 0 Å². The molecular weight excluding hydrogens is 333 g/mol. The molecule has 2 N–H and O–H groups in total. The molecule has 0 unspecified atom stereocenters. The molecular formula is C14H7F7O2. The minimum Gasteiger partial charge on any atom is -0.505 e. The topological polar surface area (TPSA) is 40.5 Å². The van der Waals surface area contributed by atoms with Crippen LogP contribution < -0.4 is 0 Å². The Morgan fingerprint density at radius 2 is 1.00 bits per heavy atom. The van der Waals surface area contributed by atoms with Crippen molar-refractivity contribution in [2.24, 2.45) is 0 Å². The van der Waals surface area contributed by atoms with Gasteiger partial charge in [0.05, 0.1) is 0 Å². The van der Waals surface area contributed by atoms with Crippen molar-refractivity contribution in [3.63, 3.8) is 0 Å². The third-order valence-corrected chi connectivity index (χ3v) is 3.08. The Morgan fingerprint density at radius 3 is 1.30 bits per heavy atom. The van der Waals surface area contributed by atoms with Crippen LogP contribution in [0.4, 0.5) is 30.7 Å². The Morgan fingerprint density at radius 1 is 0.652 bits per heavy atom. The molecule has 0 aliphatic carbocycles. The number of rotatable bonds is 2. The van der Waals surface area contributed by atoms with Crippen LogP contribution in [0.15, 0.2) is 24.3 Å². The molecule has 0 amide bonds. The maximum absolute atomic E-state index is 13.7. The molecule has 0 atom stereocenters. The molecule has 0 heterocycles. The van der Waals surface area contributed by atoms with E-state index in [1.807, 2.05) is 0 Å². The lowest BCUT2D eigenvalue weighted by molar-refractivity contribution is -0.142. The lowest BCUT2D eigenvalue weighted by Crippen LogP contribution is -2.24. The zero-order valence-electron chi connectivity index (χ0n) is 10.9. The molecule has 2 aromatic rings. The average Bonchev–Trinajstić information content (AvgIpc) is 2.40. The highest BCUT2D eigenvalue weighted by atomic mass is 19.4. The van der Waals surface area contributed by atoms with Gasteiger partial charge in [-0.2, -0.15) is 13.2 Å². The minimum absolute atomic E-state index is 0.0486. The average molecular weight is 340 g/mol. The maximum Gasteiger partial charge on any atom is 0.399 e. The first-order valence-corrected chi connectivity index (χ1v) is 5.95. The lowest BCUT2D eigenvalue weighted by Gasteiger charge is -2.22. The van der Waals surface area contributed by atoms with Gasteiger partial charge in [0.1, 0.15) is 17.6 Å². The molecule has 2 aromatic carbocycles. The van der Waals surface area contributed by atoms with Crippen molar-refractivity contribution >= 4 is 0 Å². The fourth-order valence-corrected chi connectivity index (χ4v) is 2.07. The van der Waals surface area contributed by atoms with Gasteiger partial charge in [-0.3, -0.25) is 0 Å². The number of halogens is 7. The molecule has 0 fully saturated rings. The molecule has 2 nitrogen and oxygen atoms in total. The molecule has 23 heavy (non-hydrogen) atoms. The van der Waals surface area contributed by atoms with Crippen LogP contribution in [0.25, 0.3) is 0 Å². The molecule has 0 aliphatic rings. The third kappa shape index (κ3) is 3.17. The quantitative estimate of drug-likeness (QED) is 0.798. The fourth-order valence-electron chi connectivity index (χ4n) is 2.07. The van der Waals surface area contributed by atoms with E-state index >= 15 is 0 Å². The molecule has 9 heteroatoms. The molecule has 0 spiro atoms. The van der Waals surface area contributed by atoms with E-state index in [0.29, 0.717) is 0 Å². The predicted octanol–water partition coefficient (Wildman–Crippen LogP) is 4.35. The summed E-state index contributed by atoms with van der Waals surface area (Å²) in [5, 5.41) is 17.9. The monoisotopic (exact) mass is 340 g/mol. The van der Waals surface area contributed by atoms with Gasteiger partial charge in [0, 0.05) is 23.3 Å². The number of phenols is 2. The minimum atomic E-state index is -5.30. The summed E-state index contributed by atoms with van der Waals surface area (Å²) in [6.45, 7) is 0. The molecule has 0 saturated carbocycles. The summed E-state index contributed by atoms with van der Waals surface area (Å²) in [4.78, 5) is 0. The van der Waals surface area contributed by atoms with Gasteiger partial charge in [0.15, 0.2) is 23.1 Å². The van der Waals surface area contributed by atoms with E-state index in [2.05, 4.69) is 0 Å². The van der Waals surface area contributed by atoms with E-state index in [9.17, 15) is 30.7 Å². The molecule has 0 saturated heterocycles. The van der Waals surface area contributed by atoms with Crippen molar-refractivity contribution in [1.82, 2.24) is 0 Å². The van der Waals surface area contributed by atoms with Gasteiger partial charge in [-0.25, -0.2) is 17.6 Å². The normalized spacial score (nSPS) is 12.0. The van der Waals surface area contributed by atoms with Crippen molar-refractivity contribution < 1.29 is 40.9 Å². The van der Waals surface area contributed by atoms with E-state index in [1.165, 1.54) is 0 Å². The van der Waals surface area contributed by atoms with Gasteiger partial charge in [-0.05, 0) is 12.1 Å². The van der Waals surface area contributed by atoms with Gasteiger partial charge in [-0.1, -0.05) is 0 Å². The van der Waals surface area contributed by atoms with Crippen LogP contribution in [0.5, 0.6) is 11.5 Å². The van der Waals surface area contributed by atoms with Crippen LogP contribution in [-0.2, 0) is 0 Å². The van der Waals surface area contributed by atoms with Gasteiger partial charge in [0.2, 0.25) is 0 Å². The van der Waals surface area contributed by atoms with Gasteiger partial charge < -0.3 is 10.2 Å². The highest BCUT2D eigenvalue weighted by Gasteiger charge is 2.45. The Labute approximate surface area is 124 Å². The van der Waals surface area contributed by atoms with Crippen LogP contribution in [0, 0.1) is 23.3 Å². The first-order chi connectivity index (χ1) is 10.5. The Balaban J connectivity index is 2.74. The van der Waals surface area contributed by atoms with E-state index < -0.39 is 58.0 Å². The first-order valence-electron chi connectivity index (χ1n) is 5.95. The highest BCUT2D eigenvalue weighted by molar-refractivity contribution is 5.41. The van der Waals surface area contributed by atoms with Gasteiger partial charge in [0.25, 0.3) is 0 Å². The zero-order valence-corrected chi connectivity index (χ0v) is 10.9. The van der Waals surface area contributed by atoms with Crippen molar-refractivity contribution in [2.45, 2.75) is 12.1 Å². The van der Waals surface area contributed by atoms with Crippen LogP contribution in [0.2, 0.25) is 0 Å². The number of benzene rings is 2. The fraction of sp³-hybridized carbons (Fsp3) is 0.143. The van der Waals surface area contributed by atoms with Crippen LogP contribution in [0.3, 0.4) is 0 Å². The predicted molar refractivity (Wildman–Crippen MR) is 63.9 cm³/mol. The second-order valence-corrected chi connectivity index (χ2v) is 4.62. The molecule has 0 aliphatic heterocycles. The molecule has 0 aromatic heterocycles. The smallest absolute Gasteiger partial charge is 0.399 e. The lowest BCUT2D eigenvalue weighted by atomic mass is 9.89. The van der Waals surface area contributed by atoms with E-state index in [1.54, 1.807) is 0 Å². The van der Waals surface area contributed by atoms with E-state index in [-0.39, 0.29) is 24.3 Å². The highest BCUT2D eigenvalue weighted by Crippen LogP contribution is 2.43. The summed E-state index contributed by atoms with van der Waals surface area (Å²) in [5.74, 6) is -11.9. The standard InChI is InChI=1S/C14H7F7O2/c15-7-3-11(22)9(17)1-5(7)13(14(19,20)21)6-2-10(18)12(23)4-8(6)16/h1-4,13,22-23H. The number of phenolic OH excluding ortho intramolecular Hbond substituents is 2. The van der Waals surface area contributed by atoms with Crippen molar-refractivity contribution in [3.8, 4) is 11.5 Å². The summed E-state index contributed by atoms with van der Waals surface area (Å²) in [7, 11) is 0. The Bertz CT molecular complexity index is 698. The molecule has 0 radical (unpaired) electrons. The summed E-state index contributed by atoms with van der Waals surface area (Å²) in [5.41, 5.74) is -2.67. The Kier molecular flexibility index (Phi) is 4.14. The van der Waals surface area contributed by atoms with Crippen LogP contribution in [-0.4, -0.2) is 16.4 Å². The number of aromatic hydroxyl groups is 2. The molecule has 0 bridgehead atoms. The second-order valence-electron chi connectivity index (χ2n) is 4.62. The van der Waals surface area contributed by atoms with Gasteiger partial charge in [-0.15, -0.1) is 0 Å². The van der Waals surface area contributed by atoms with Crippen LogP contribution in [0.1, 0.15) is 17.0 Å². The molecule has 2 rings (SSSR count). The summed E-state index contributed by atoms with van der Waals surface area (Å²) >= 11 is 0. The zero-order chi connectivity index (χ0) is 17.5. The largest absolute Gasteiger partial charge is 0.505 e. The number of hydrogen-bond acceptors (Lipinski definition) is 2. The maximum atomic E-state index is 13.7. The van der Waals surface area contributed by atoms with Crippen LogP contribution >= 0.6 is 0 Å². The summed E-state index contributed by atoms with van der Waals surface area (Å²) in [6.07, 6.45) is -5.30. The van der Waals surface area contributed by atoms with E-state index in [4.69, 9.17) is 10.2 Å². The third-order valence-electron chi connectivity index (χ3n) is 3.08. The SMILES string of the molecule is Oc1cc(F)c(C(c2cc(F)c(O)cc2F)C(F)(F)F)cc1F. The first kappa shape index (κ1) is 16.9. The van der Waals surface area contributed by atoms with Gasteiger partial charge >= 0.3 is 6.18 Å².